The molecule has 1 heterocycles. The van der Waals surface area contributed by atoms with Crippen LogP contribution in [0.1, 0.15) is 117 Å². The standard InChI is InChI=1S/C31H49N2/c1-3-5-7-9-11-13-15-17-25-32-27-33(26-18-16-14-12-10-8-6-4-2)30-24-20-22-28-21-19-23-29(32)31(28)30/h19-24,27H,3-18,25-26H2,1-2H3/q+1. The third-order valence-electron chi connectivity index (χ3n) is 7.26. The summed E-state index contributed by atoms with van der Waals surface area (Å²) in [5, 5.41) is 2.82. The van der Waals surface area contributed by atoms with Crippen molar-refractivity contribution in [3.05, 3.63) is 36.4 Å². The zero-order chi connectivity index (χ0) is 23.1. The molecule has 0 saturated carbocycles. The van der Waals surface area contributed by atoms with Crippen LogP contribution in [0.5, 0.6) is 0 Å². The smallest absolute Gasteiger partial charge is 0.233 e. The van der Waals surface area contributed by atoms with Crippen molar-refractivity contribution in [3.8, 4) is 0 Å². The number of nitrogens with zero attached hydrogens (tertiary/aromatic N) is 2. The van der Waals surface area contributed by atoms with E-state index in [1.807, 2.05) is 0 Å². The van der Waals surface area contributed by atoms with E-state index < -0.39 is 0 Å². The molecule has 0 saturated heterocycles. The molecule has 0 amide bonds. The fourth-order valence-electron chi connectivity index (χ4n) is 5.26. The summed E-state index contributed by atoms with van der Waals surface area (Å²) in [5.41, 5.74) is 2.80. The van der Waals surface area contributed by atoms with Gasteiger partial charge >= 0.3 is 0 Å². The van der Waals surface area contributed by atoms with E-state index in [0.717, 1.165) is 13.1 Å². The predicted octanol–water partition coefficient (Wildman–Crippen LogP) is 9.61. The fraction of sp³-hybridized carbons (Fsp3) is 0.645. The molecular formula is C31H49N2+. The van der Waals surface area contributed by atoms with Crippen molar-refractivity contribution in [3.63, 3.8) is 0 Å². The maximum atomic E-state index is 2.54. The molecule has 182 valence electrons. The van der Waals surface area contributed by atoms with Gasteiger partial charge in [0.1, 0.15) is 11.4 Å². The summed E-state index contributed by atoms with van der Waals surface area (Å²) in [4.78, 5) is 2.54. The topological polar surface area (TPSA) is 6.25 Å². The molecule has 0 spiro atoms. The maximum absolute atomic E-state index is 2.54. The van der Waals surface area contributed by atoms with Crippen molar-refractivity contribution in [2.45, 2.75) is 117 Å². The van der Waals surface area contributed by atoms with E-state index in [1.165, 1.54) is 125 Å². The minimum atomic E-state index is 1.14. The van der Waals surface area contributed by atoms with Crippen LogP contribution in [0.4, 0.5) is 11.4 Å². The second kappa shape index (κ2) is 15.1. The molecule has 0 bridgehead atoms. The van der Waals surface area contributed by atoms with Gasteiger partial charge in [0.05, 0.1) is 18.5 Å². The highest BCUT2D eigenvalue weighted by Gasteiger charge is 2.25. The zero-order valence-corrected chi connectivity index (χ0v) is 21.7. The van der Waals surface area contributed by atoms with Gasteiger partial charge in [0.15, 0.2) is 0 Å². The van der Waals surface area contributed by atoms with Gasteiger partial charge in [-0.3, -0.25) is 0 Å². The van der Waals surface area contributed by atoms with Gasteiger partial charge in [-0.2, -0.15) is 0 Å². The Kier molecular flexibility index (Phi) is 11.8. The van der Waals surface area contributed by atoms with Gasteiger partial charge in [-0.15, -0.1) is 0 Å². The summed E-state index contributed by atoms with van der Waals surface area (Å²) in [5.74, 6) is 0. The molecule has 1 aliphatic rings. The Balaban J connectivity index is 1.53. The second-order valence-corrected chi connectivity index (χ2v) is 10.1. The zero-order valence-electron chi connectivity index (χ0n) is 21.7. The largest absolute Gasteiger partial charge is 0.244 e. The van der Waals surface area contributed by atoms with E-state index in [4.69, 9.17) is 0 Å². The molecule has 33 heavy (non-hydrogen) atoms. The summed E-state index contributed by atoms with van der Waals surface area (Å²) in [6, 6.07) is 13.6. The Morgan fingerprint density at radius 3 is 1.79 bits per heavy atom. The van der Waals surface area contributed by atoms with Crippen molar-refractivity contribution < 1.29 is 4.58 Å². The first-order valence-electron chi connectivity index (χ1n) is 14.2. The third-order valence-corrected chi connectivity index (χ3v) is 7.26. The number of hydrogen-bond donors (Lipinski definition) is 0. The lowest BCUT2D eigenvalue weighted by molar-refractivity contribution is -0.436. The number of unbranched alkanes of at least 4 members (excludes halogenated alkanes) is 14. The summed E-state index contributed by atoms with van der Waals surface area (Å²) in [6.07, 6.45) is 24.5. The lowest BCUT2D eigenvalue weighted by Gasteiger charge is -2.23. The monoisotopic (exact) mass is 449 g/mol. The van der Waals surface area contributed by atoms with Crippen LogP contribution in [0, 0.1) is 0 Å². The van der Waals surface area contributed by atoms with E-state index in [9.17, 15) is 0 Å². The van der Waals surface area contributed by atoms with E-state index in [-0.39, 0.29) is 0 Å². The third kappa shape index (κ3) is 8.16. The van der Waals surface area contributed by atoms with Gasteiger partial charge in [0, 0.05) is 0 Å². The van der Waals surface area contributed by atoms with Gasteiger partial charge in [0.25, 0.3) is 0 Å². The number of rotatable bonds is 18. The Hall–Kier alpha value is -1.83. The molecule has 1 aliphatic heterocycles. The second-order valence-electron chi connectivity index (χ2n) is 10.1. The molecule has 2 heteroatoms. The number of benzene rings is 2. The molecule has 2 nitrogen and oxygen atoms in total. The number of anilines is 1. The van der Waals surface area contributed by atoms with Crippen molar-refractivity contribution >= 4 is 28.5 Å². The molecule has 0 radical (unpaired) electrons. The highest BCUT2D eigenvalue weighted by Crippen LogP contribution is 2.37. The average Bonchev–Trinajstić information content (AvgIpc) is 2.84. The molecule has 0 unspecified atom stereocenters. The highest BCUT2D eigenvalue weighted by atomic mass is 15.2. The predicted molar refractivity (Wildman–Crippen MR) is 147 cm³/mol. The first-order chi connectivity index (χ1) is 16.3. The van der Waals surface area contributed by atoms with Crippen molar-refractivity contribution in [1.82, 2.24) is 0 Å². The first-order valence-corrected chi connectivity index (χ1v) is 14.2. The van der Waals surface area contributed by atoms with Crippen LogP contribution in [0.15, 0.2) is 36.4 Å². The van der Waals surface area contributed by atoms with Crippen LogP contribution in [0.25, 0.3) is 10.8 Å². The fourth-order valence-corrected chi connectivity index (χ4v) is 5.26. The van der Waals surface area contributed by atoms with Gasteiger partial charge in [-0.25, -0.2) is 9.48 Å². The normalized spacial score (nSPS) is 13.0. The summed E-state index contributed by atoms with van der Waals surface area (Å²) >= 11 is 0. The Morgan fingerprint density at radius 1 is 0.606 bits per heavy atom. The number of hydrogen-bond acceptors (Lipinski definition) is 1. The molecule has 0 aromatic heterocycles. The lowest BCUT2D eigenvalue weighted by Crippen LogP contribution is -2.31. The SMILES string of the molecule is CCCCCCCCCCN1C=[N+](CCCCCCCCCC)c2cccc3cccc1c23. The lowest BCUT2D eigenvalue weighted by atomic mass is 10.0. The molecule has 0 N–H and O–H groups in total. The van der Waals surface area contributed by atoms with Gasteiger partial charge < -0.3 is 0 Å². The average molecular weight is 450 g/mol. The van der Waals surface area contributed by atoms with Crippen molar-refractivity contribution in [2.24, 2.45) is 0 Å². The highest BCUT2D eigenvalue weighted by molar-refractivity contribution is 6.06. The van der Waals surface area contributed by atoms with Crippen LogP contribution in [0.2, 0.25) is 0 Å². The van der Waals surface area contributed by atoms with E-state index in [0.29, 0.717) is 0 Å². The van der Waals surface area contributed by atoms with Gasteiger partial charge in [-0.05, 0) is 43.2 Å². The summed E-state index contributed by atoms with van der Waals surface area (Å²) in [7, 11) is 0. The van der Waals surface area contributed by atoms with Crippen molar-refractivity contribution in [2.75, 3.05) is 18.0 Å². The van der Waals surface area contributed by atoms with Gasteiger partial charge in [0.2, 0.25) is 6.34 Å². The van der Waals surface area contributed by atoms with Crippen LogP contribution >= 0.6 is 0 Å². The molecular weight excluding hydrogens is 400 g/mol. The van der Waals surface area contributed by atoms with Crippen LogP contribution < -0.4 is 4.90 Å². The molecule has 3 rings (SSSR count). The van der Waals surface area contributed by atoms with Crippen LogP contribution in [0.3, 0.4) is 0 Å². The van der Waals surface area contributed by atoms with Crippen LogP contribution in [-0.4, -0.2) is 24.0 Å². The quantitative estimate of drug-likeness (QED) is 0.162. The van der Waals surface area contributed by atoms with E-state index in [2.05, 4.69) is 66.1 Å². The molecule has 0 aliphatic carbocycles. The molecule has 0 fully saturated rings. The molecule has 2 aromatic carbocycles. The summed E-state index contributed by atoms with van der Waals surface area (Å²) < 4.78 is 2.54. The minimum Gasteiger partial charge on any atom is -0.233 e. The van der Waals surface area contributed by atoms with E-state index >= 15 is 0 Å². The maximum Gasteiger partial charge on any atom is 0.244 e. The van der Waals surface area contributed by atoms with Crippen molar-refractivity contribution in [1.29, 1.82) is 0 Å². The molecule has 0 atom stereocenters. The van der Waals surface area contributed by atoms with Gasteiger partial charge in [-0.1, -0.05) is 115 Å². The van der Waals surface area contributed by atoms with Crippen LogP contribution in [-0.2, 0) is 0 Å². The molecule has 2 aromatic rings. The Labute approximate surface area is 204 Å². The van der Waals surface area contributed by atoms with E-state index in [1.54, 1.807) is 0 Å². The Morgan fingerprint density at radius 2 is 1.15 bits per heavy atom. The summed E-state index contributed by atoms with van der Waals surface area (Å²) in [6.45, 7) is 6.87. The minimum absolute atomic E-state index is 1.14. The first kappa shape index (κ1) is 25.8. The Bertz CT molecular complexity index is 833.